The van der Waals surface area contributed by atoms with Crippen molar-refractivity contribution in [1.29, 1.82) is 0 Å². The van der Waals surface area contributed by atoms with E-state index >= 15 is 0 Å². The molecular weight excluding hydrogens is 300 g/mol. The molecule has 2 aromatic rings. The van der Waals surface area contributed by atoms with Crippen LogP contribution in [-0.2, 0) is 16.0 Å². The Hall–Kier alpha value is -2.90. The zero-order valence-corrected chi connectivity index (χ0v) is 12.6. The fourth-order valence-corrected chi connectivity index (χ4v) is 2.36. The van der Waals surface area contributed by atoms with E-state index in [0.717, 1.165) is 10.4 Å². The van der Waals surface area contributed by atoms with Gasteiger partial charge in [-0.3, -0.25) is 14.5 Å². The number of hydrogen-bond donors (Lipinski definition) is 1. The number of oxazole rings is 1. The van der Waals surface area contributed by atoms with Crippen LogP contribution in [0.4, 0.5) is 4.79 Å². The molecule has 8 nitrogen and oxygen atoms in total. The molecule has 1 aliphatic heterocycles. The van der Waals surface area contributed by atoms with Crippen LogP contribution >= 0.6 is 0 Å². The van der Waals surface area contributed by atoms with Crippen LogP contribution in [0.2, 0.25) is 0 Å². The van der Waals surface area contributed by atoms with Crippen LogP contribution in [0, 0.1) is 0 Å². The van der Waals surface area contributed by atoms with Gasteiger partial charge in [0.2, 0.25) is 5.91 Å². The van der Waals surface area contributed by atoms with Crippen molar-refractivity contribution < 1.29 is 18.8 Å². The Bertz CT molecular complexity index is 737. The summed E-state index contributed by atoms with van der Waals surface area (Å²) in [6, 6.07) is 6.95. The highest BCUT2D eigenvalue weighted by Crippen LogP contribution is 2.14. The lowest BCUT2D eigenvalue weighted by Gasteiger charge is -2.13. The van der Waals surface area contributed by atoms with Crippen LogP contribution in [0.1, 0.15) is 5.89 Å². The van der Waals surface area contributed by atoms with Gasteiger partial charge in [-0.2, -0.15) is 0 Å². The van der Waals surface area contributed by atoms with Crippen molar-refractivity contribution in [3.63, 3.8) is 0 Å². The lowest BCUT2D eigenvalue weighted by Crippen LogP contribution is -2.41. The predicted molar refractivity (Wildman–Crippen MR) is 80.5 cm³/mol. The smallest absolute Gasteiger partial charge is 0.327 e. The number of aromatic nitrogens is 1. The first-order valence-corrected chi connectivity index (χ1v) is 7.21. The number of imide groups is 1. The highest BCUT2D eigenvalue weighted by atomic mass is 16.3. The molecule has 0 saturated carbocycles. The molecule has 1 saturated heterocycles. The second-order valence-corrected chi connectivity index (χ2v) is 5.29. The fourth-order valence-electron chi connectivity index (χ4n) is 2.36. The minimum absolute atomic E-state index is 0.00895. The lowest BCUT2D eigenvalue weighted by molar-refractivity contribution is -0.130. The number of benzene rings is 1. The Balaban J connectivity index is 1.49. The summed E-state index contributed by atoms with van der Waals surface area (Å²) >= 11 is 0. The molecule has 0 radical (unpaired) electrons. The van der Waals surface area contributed by atoms with E-state index in [-0.39, 0.29) is 19.0 Å². The van der Waals surface area contributed by atoms with Gasteiger partial charge in [0.1, 0.15) is 18.6 Å². The monoisotopic (exact) mass is 316 g/mol. The average Bonchev–Trinajstić information content (AvgIpc) is 3.03. The van der Waals surface area contributed by atoms with Gasteiger partial charge in [0.15, 0.2) is 11.5 Å². The molecule has 120 valence electrons. The Morgan fingerprint density at radius 3 is 2.83 bits per heavy atom. The van der Waals surface area contributed by atoms with Crippen LogP contribution < -0.4 is 5.32 Å². The van der Waals surface area contributed by atoms with E-state index in [1.807, 2.05) is 24.3 Å². The van der Waals surface area contributed by atoms with Crippen LogP contribution in [0.3, 0.4) is 0 Å². The Labute approximate surface area is 132 Å². The molecule has 1 aliphatic rings. The average molecular weight is 316 g/mol. The standard InChI is InChI=1S/C15H16N4O4/c1-18-9-14(21)19(15(18)22)8-12(20)16-7-6-13-17-10-4-2-3-5-11(10)23-13/h2-5H,6-9H2,1H3,(H,16,20). The van der Waals surface area contributed by atoms with Crippen molar-refractivity contribution in [2.75, 3.05) is 26.7 Å². The summed E-state index contributed by atoms with van der Waals surface area (Å²) in [5.41, 5.74) is 1.47. The van der Waals surface area contributed by atoms with Gasteiger partial charge in [0.25, 0.3) is 5.91 Å². The van der Waals surface area contributed by atoms with E-state index in [1.54, 1.807) is 0 Å². The van der Waals surface area contributed by atoms with E-state index in [4.69, 9.17) is 4.42 Å². The quantitative estimate of drug-likeness (QED) is 0.805. The predicted octanol–water partition coefficient (Wildman–Crippen LogP) is 0.381. The first kappa shape index (κ1) is 15.0. The molecule has 0 spiro atoms. The largest absolute Gasteiger partial charge is 0.441 e. The van der Waals surface area contributed by atoms with Crippen molar-refractivity contribution in [1.82, 2.24) is 20.1 Å². The van der Waals surface area contributed by atoms with E-state index in [9.17, 15) is 14.4 Å². The van der Waals surface area contributed by atoms with Crippen molar-refractivity contribution in [2.45, 2.75) is 6.42 Å². The number of nitrogens with one attached hydrogen (secondary N) is 1. The molecule has 0 unspecified atom stereocenters. The Morgan fingerprint density at radius 2 is 2.13 bits per heavy atom. The highest BCUT2D eigenvalue weighted by Gasteiger charge is 2.34. The number of likely N-dealkylation sites (N-methyl/N-ethyl adjacent to an activating group) is 1. The van der Waals surface area contributed by atoms with Gasteiger partial charge < -0.3 is 14.6 Å². The van der Waals surface area contributed by atoms with Crippen molar-refractivity contribution in [3.05, 3.63) is 30.2 Å². The Kier molecular flexibility index (Phi) is 3.96. The Morgan fingerprint density at radius 1 is 1.35 bits per heavy atom. The van der Waals surface area contributed by atoms with Gasteiger partial charge in [-0.1, -0.05) is 12.1 Å². The third-order valence-electron chi connectivity index (χ3n) is 3.53. The molecule has 0 aliphatic carbocycles. The maximum atomic E-state index is 11.8. The molecule has 1 aromatic heterocycles. The number of para-hydroxylation sites is 2. The number of hydrogen-bond acceptors (Lipinski definition) is 5. The van der Waals surface area contributed by atoms with Gasteiger partial charge in [-0.25, -0.2) is 9.78 Å². The molecule has 0 bridgehead atoms. The van der Waals surface area contributed by atoms with Crippen molar-refractivity contribution in [3.8, 4) is 0 Å². The van der Waals surface area contributed by atoms with Gasteiger partial charge >= 0.3 is 6.03 Å². The summed E-state index contributed by atoms with van der Waals surface area (Å²) < 4.78 is 5.54. The van der Waals surface area contributed by atoms with Gasteiger partial charge in [-0.15, -0.1) is 0 Å². The maximum absolute atomic E-state index is 11.8. The van der Waals surface area contributed by atoms with E-state index in [1.165, 1.54) is 11.9 Å². The molecule has 23 heavy (non-hydrogen) atoms. The van der Waals surface area contributed by atoms with Crippen LogP contribution in [0.5, 0.6) is 0 Å². The number of carbonyl (C=O) groups is 3. The number of fused-ring (bicyclic) bond motifs is 1. The summed E-state index contributed by atoms with van der Waals surface area (Å²) in [7, 11) is 1.52. The van der Waals surface area contributed by atoms with Gasteiger partial charge in [0, 0.05) is 20.0 Å². The number of amides is 4. The van der Waals surface area contributed by atoms with Gasteiger partial charge in [-0.05, 0) is 12.1 Å². The van der Waals surface area contributed by atoms with Crippen LogP contribution in [0.15, 0.2) is 28.7 Å². The zero-order valence-electron chi connectivity index (χ0n) is 12.6. The molecular formula is C15H16N4O4. The first-order chi connectivity index (χ1) is 11.0. The fraction of sp³-hybridized carbons (Fsp3) is 0.333. The SMILES string of the molecule is CN1CC(=O)N(CC(=O)NCCc2nc3ccccc3o2)C1=O. The third kappa shape index (κ3) is 3.15. The minimum atomic E-state index is -0.455. The maximum Gasteiger partial charge on any atom is 0.327 e. The molecule has 8 heteroatoms. The second kappa shape index (κ2) is 6.07. The summed E-state index contributed by atoms with van der Waals surface area (Å²) in [5.74, 6) is -0.232. The first-order valence-electron chi connectivity index (χ1n) is 7.21. The molecule has 1 fully saturated rings. The zero-order chi connectivity index (χ0) is 16.4. The highest BCUT2D eigenvalue weighted by molar-refractivity contribution is 6.04. The molecule has 0 atom stereocenters. The normalized spacial score (nSPS) is 14.8. The van der Waals surface area contributed by atoms with E-state index < -0.39 is 11.9 Å². The van der Waals surface area contributed by atoms with E-state index in [0.29, 0.717) is 24.4 Å². The summed E-state index contributed by atoms with van der Waals surface area (Å²) in [4.78, 5) is 41.6. The van der Waals surface area contributed by atoms with E-state index in [2.05, 4.69) is 10.3 Å². The van der Waals surface area contributed by atoms with Crippen molar-refractivity contribution in [2.24, 2.45) is 0 Å². The second-order valence-electron chi connectivity index (χ2n) is 5.29. The topological polar surface area (TPSA) is 95.8 Å². The summed E-state index contributed by atoms with van der Waals surface area (Å²) in [5, 5.41) is 2.65. The van der Waals surface area contributed by atoms with Gasteiger partial charge in [0.05, 0.1) is 0 Å². The third-order valence-corrected chi connectivity index (χ3v) is 3.53. The number of rotatable bonds is 5. The van der Waals surface area contributed by atoms with Crippen LogP contribution in [0.25, 0.3) is 11.1 Å². The number of urea groups is 1. The molecule has 2 heterocycles. The summed E-state index contributed by atoms with van der Waals surface area (Å²) in [6.07, 6.45) is 0.433. The molecule has 3 rings (SSSR count). The lowest BCUT2D eigenvalue weighted by atomic mass is 10.3. The molecule has 1 aromatic carbocycles. The minimum Gasteiger partial charge on any atom is -0.441 e. The number of nitrogens with zero attached hydrogens (tertiary/aromatic N) is 3. The van der Waals surface area contributed by atoms with Crippen molar-refractivity contribution >= 4 is 28.9 Å². The van der Waals surface area contributed by atoms with Crippen LogP contribution in [-0.4, -0.2) is 59.3 Å². The molecule has 1 N–H and O–H groups in total. The summed E-state index contributed by atoms with van der Waals surface area (Å²) in [6.45, 7) is 0.0578. The molecule has 4 amide bonds. The number of carbonyl (C=O) groups excluding carboxylic acids is 3.